The maximum Gasteiger partial charge on any atom is 0.322 e. The summed E-state index contributed by atoms with van der Waals surface area (Å²) in [7, 11) is 3.93. The van der Waals surface area contributed by atoms with Crippen LogP contribution in [-0.4, -0.2) is 52.7 Å². The first-order valence-electron chi connectivity index (χ1n) is 6.50. The predicted molar refractivity (Wildman–Crippen MR) is 81.5 cm³/mol. The highest BCUT2D eigenvalue weighted by Crippen LogP contribution is 2.30. The van der Waals surface area contributed by atoms with E-state index in [0.717, 1.165) is 25.3 Å². The number of nitrogens with zero attached hydrogens (tertiary/aromatic N) is 4. The molecule has 0 aliphatic carbocycles. The number of anilines is 1. The molecular weight excluding hydrogens is 278 g/mol. The van der Waals surface area contributed by atoms with E-state index in [9.17, 15) is 10.1 Å². The first kappa shape index (κ1) is 16.6. The Hall–Kier alpha value is -1.41. The van der Waals surface area contributed by atoms with Gasteiger partial charge in [0.25, 0.3) is 0 Å². The van der Waals surface area contributed by atoms with Crippen molar-refractivity contribution in [3.63, 3.8) is 0 Å². The standard InChI is InChI=1S/C12H21N5O2S/c1-5-6-13-12-14-9(2)10(17(18)19)11(15-12)20-8-7-16(3)4/h5-8H2,1-4H3,(H,13,14,15). The number of aromatic nitrogens is 2. The number of nitrogens with one attached hydrogen (secondary N) is 1. The summed E-state index contributed by atoms with van der Waals surface area (Å²) in [4.78, 5) is 21.2. The van der Waals surface area contributed by atoms with Crippen LogP contribution in [-0.2, 0) is 0 Å². The lowest BCUT2D eigenvalue weighted by Crippen LogP contribution is -2.15. The molecule has 0 amide bonds. The Labute approximate surface area is 123 Å². The highest BCUT2D eigenvalue weighted by Gasteiger charge is 2.22. The quantitative estimate of drug-likeness (QED) is 0.341. The molecule has 0 aliphatic rings. The number of hydrogen-bond donors (Lipinski definition) is 1. The second-order valence-corrected chi connectivity index (χ2v) is 5.71. The molecule has 0 aliphatic heterocycles. The van der Waals surface area contributed by atoms with Crippen molar-refractivity contribution in [2.75, 3.05) is 38.3 Å². The minimum atomic E-state index is -0.406. The summed E-state index contributed by atoms with van der Waals surface area (Å²) in [6.07, 6.45) is 0.947. The van der Waals surface area contributed by atoms with Gasteiger partial charge < -0.3 is 10.2 Å². The maximum absolute atomic E-state index is 11.1. The lowest BCUT2D eigenvalue weighted by atomic mass is 10.4. The van der Waals surface area contributed by atoms with Gasteiger partial charge in [-0.15, -0.1) is 0 Å². The van der Waals surface area contributed by atoms with Crippen LogP contribution in [0.2, 0.25) is 0 Å². The van der Waals surface area contributed by atoms with E-state index in [4.69, 9.17) is 0 Å². The molecule has 0 saturated carbocycles. The minimum Gasteiger partial charge on any atom is -0.354 e. The van der Waals surface area contributed by atoms with Gasteiger partial charge in [0.2, 0.25) is 5.95 Å². The minimum absolute atomic E-state index is 0.0100. The zero-order chi connectivity index (χ0) is 15.1. The van der Waals surface area contributed by atoms with Gasteiger partial charge >= 0.3 is 5.69 Å². The maximum atomic E-state index is 11.1. The molecule has 0 fully saturated rings. The number of rotatable bonds is 8. The zero-order valence-electron chi connectivity index (χ0n) is 12.3. The third-order valence-corrected chi connectivity index (χ3v) is 3.46. The Morgan fingerprint density at radius 2 is 2.10 bits per heavy atom. The summed E-state index contributed by atoms with van der Waals surface area (Å²) in [6.45, 7) is 5.27. The summed E-state index contributed by atoms with van der Waals surface area (Å²) >= 11 is 1.39. The number of hydrogen-bond acceptors (Lipinski definition) is 7. The fourth-order valence-corrected chi connectivity index (χ4v) is 2.65. The predicted octanol–water partition coefficient (Wildman–Crippen LogP) is 2.17. The van der Waals surface area contributed by atoms with Gasteiger partial charge in [0.1, 0.15) is 5.69 Å². The van der Waals surface area contributed by atoms with Crippen LogP contribution >= 0.6 is 11.8 Å². The molecule has 0 saturated heterocycles. The second kappa shape index (κ2) is 8.01. The van der Waals surface area contributed by atoms with Crippen molar-refractivity contribution < 1.29 is 4.92 Å². The molecule has 7 nitrogen and oxygen atoms in total. The summed E-state index contributed by atoms with van der Waals surface area (Å²) in [5.74, 6) is 1.21. The molecule has 0 aromatic carbocycles. The van der Waals surface area contributed by atoms with Gasteiger partial charge in [-0.3, -0.25) is 10.1 Å². The summed E-state index contributed by atoms with van der Waals surface area (Å²) in [6, 6.07) is 0. The third-order valence-electron chi connectivity index (χ3n) is 2.52. The molecule has 0 radical (unpaired) electrons. The van der Waals surface area contributed by atoms with Crippen LogP contribution in [0.1, 0.15) is 19.0 Å². The smallest absolute Gasteiger partial charge is 0.322 e. The molecule has 112 valence electrons. The number of thioether (sulfide) groups is 1. The molecule has 0 bridgehead atoms. The molecule has 1 rings (SSSR count). The van der Waals surface area contributed by atoms with Crippen LogP contribution < -0.4 is 5.32 Å². The molecule has 1 N–H and O–H groups in total. The summed E-state index contributed by atoms with van der Waals surface area (Å²) in [5.41, 5.74) is 0.409. The Morgan fingerprint density at radius 1 is 1.40 bits per heavy atom. The zero-order valence-corrected chi connectivity index (χ0v) is 13.2. The van der Waals surface area contributed by atoms with Gasteiger partial charge in [-0.25, -0.2) is 4.98 Å². The van der Waals surface area contributed by atoms with Crippen molar-refractivity contribution in [3.8, 4) is 0 Å². The lowest BCUT2D eigenvalue weighted by molar-refractivity contribution is -0.389. The van der Waals surface area contributed by atoms with E-state index in [1.54, 1.807) is 6.92 Å². The van der Waals surface area contributed by atoms with Crippen molar-refractivity contribution in [3.05, 3.63) is 15.8 Å². The van der Waals surface area contributed by atoms with Gasteiger partial charge in [-0.05, 0) is 27.4 Å². The van der Waals surface area contributed by atoms with Crippen LogP contribution in [0.5, 0.6) is 0 Å². The molecule has 1 heterocycles. The topological polar surface area (TPSA) is 84.2 Å². The Balaban J connectivity index is 2.96. The average molecular weight is 299 g/mol. The fourth-order valence-electron chi connectivity index (χ4n) is 1.49. The van der Waals surface area contributed by atoms with Crippen molar-refractivity contribution in [2.45, 2.75) is 25.3 Å². The van der Waals surface area contributed by atoms with Gasteiger partial charge in [-0.2, -0.15) is 4.98 Å². The van der Waals surface area contributed by atoms with E-state index in [1.165, 1.54) is 11.8 Å². The summed E-state index contributed by atoms with van der Waals surface area (Å²) < 4.78 is 0. The van der Waals surface area contributed by atoms with E-state index in [0.29, 0.717) is 16.7 Å². The Kier molecular flexibility index (Phi) is 6.66. The Morgan fingerprint density at radius 3 is 2.65 bits per heavy atom. The number of aryl methyl sites for hydroxylation is 1. The molecule has 0 unspecified atom stereocenters. The van der Waals surface area contributed by atoms with Crippen molar-refractivity contribution >= 4 is 23.4 Å². The van der Waals surface area contributed by atoms with Crippen LogP contribution in [0.25, 0.3) is 0 Å². The second-order valence-electron chi connectivity index (χ2n) is 4.62. The molecule has 0 atom stereocenters. The van der Waals surface area contributed by atoms with Crippen LogP contribution in [0.4, 0.5) is 11.6 Å². The normalized spacial score (nSPS) is 10.8. The van der Waals surface area contributed by atoms with E-state index >= 15 is 0 Å². The van der Waals surface area contributed by atoms with Crippen molar-refractivity contribution in [2.24, 2.45) is 0 Å². The molecule has 8 heteroatoms. The monoisotopic (exact) mass is 299 g/mol. The summed E-state index contributed by atoms with van der Waals surface area (Å²) in [5, 5.41) is 14.7. The number of nitro groups is 1. The van der Waals surface area contributed by atoms with E-state index < -0.39 is 4.92 Å². The SMILES string of the molecule is CCCNc1nc(C)c([N+](=O)[O-])c(SCCN(C)C)n1. The largest absolute Gasteiger partial charge is 0.354 e. The molecule has 20 heavy (non-hydrogen) atoms. The van der Waals surface area contributed by atoms with Crippen molar-refractivity contribution in [1.82, 2.24) is 14.9 Å². The first-order valence-corrected chi connectivity index (χ1v) is 7.48. The average Bonchev–Trinajstić information content (AvgIpc) is 2.34. The van der Waals surface area contributed by atoms with E-state index in [1.807, 2.05) is 25.9 Å². The van der Waals surface area contributed by atoms with Gasteiger partial charge in [0, 0.05) is 18.8 Å². The van der Waals surface area contributed by atoms with Gasteiger partial charge in [-0.1, -0.05) is 18.7 Å². The fraction of sp³-hybridized carbons (Fsp3) is 0.667. The molecule has 0 spiro atoms. The van der Waals surface area contributed by atoms with Crippen LogP contribution in [0.15, 0.2) is 5.03 Å². The molecule has 1 aromatic rings. The highest BCUT2D eigenvalue weighted by molar-refractivity contribution is 7.99. The van der Waals surface area contributed by atoms with Gasteiger partial charge in [0.15, 0.2) is 5.03 Å². The van der Waals surface area contributed by atoms with E-state index in [2.05, 4.69) is 15.3 Å². The van der Waals surface area contributed by atoms with E-state index in [-0.39, 0.29) is 5.69 Å². The molecule has 1 aromatic heterocycles. The highest BCUT2D eigenvalue weighted by atomic mass is 32.2. The lowest BCUT2D eigenvalue weighted by Gasteiger charge is -2.10. The third kappa shape index (κ3) is 4.93. The van der Waals surface area contributed by atoms with Crippen LogP contribution in [0, 0.1) is 17.0 Å². The Bertz CT molecular complexity index is 467. The van der Waals surface area contributed by atoms with Gasteiger partial charge in [0.05, 0.1) is 4.92 Å². The first-order chi connectivity index (χ1) is 9.45. The van der Waals surface area contributed by atoms with Crippen LogP contribution in [0.3, 0.4) is 0 Å². The molecular formula is C12H21N5O2S. The van der Waals surface area contributed by atoms with Crippen molar-refractivity contribution in [1.29, 1.82) is 0 Å².